The van der Waals surface area contributed by atoms with Gasteiger partial charge in [0.2, 0.25) is 5.91 Å². The van der Waals surface area contributed by atoms with Crippen molar-refractivity contribution in [2.75, 3.05) is 12.3 Å². The molecule has 5 rings (SSSR count). The molecular weight excluding hydrogens is 703 g/mol. The summed E-state index contributed by atoms with van der Waals surface area (Å²) in [5.74, 6) is -1.84. The zero-order chi connectivity index (χ0) is 38.9. The third-order valence-electron chi connectivity index (χ3n) is 9.02. The molecule has 0 radical (unpaired) electrons. The first-order valence-electron chi connectivity index (χ1n) is 17.4. The molecule has 16 nitrogen and oxygen atoms in total. The van der Waals surface area contributed by atoms with Gasteiger partial charge in [0.15, 0.2) is 22.1 Å². The van der Waals surface area contributed by atoms with E-state index in [1.165, 1.54) is 23.9 Å². The molecule has 5 atom stereocenters. The summed E-state index contributed by atoms with van der Waals surface area (Å²) < 4.78 is 25.6. The number of ether oxygens (including phenoxy) is 3. The van der Waals surface area contributed by atoms with Gasteiger partial charge < -0.3 is 40.1 Å². The molecule has 3 heterocycles. The number of nitrogen functional groups attached to an aromatic ring is 1. The average Bonchev–Trinajstić information content (AvgIpc) is 3.50. The largest absolute Gasteiger partial charge is 0.455 e. The van der Waals surface area contributed by atoms with E-state index in [2.05, 4.69) is 46.7 Å². The highest BCUT2D eigenvalue weighted by Crippen LogP contribution is 2.45. The maximum Gasteiger partial charge on any atom is 0.408 e. The number of nitrogens with one attached hydrogen (secondary N) is 3. The van der Waals surface area contributed by atoms with Crippen molar-refractivity contribution >= 4 is 55.1 Å². The fourth-order valence-electron chi connectivity index (χ4n) is 6.15. The molecule has 5 unspecified atom stereocenters. The van der Waals surface area contributed by atoms with Gasteiger partial charge in [0.1, 0.15) is 36.4 Å². The number of benzene rings is 1. The van der Waals surface area contributed by atoms with Crippen LogP contribution in [0.2, 0.25) is 5.04 Å². The molecule has 1 aliphatic heterocycles. The number of H-pyrrole nitrogens is 1. The topological polar surface area (TPSA) is 222 Å². The summed E-state index contributed by atoms with van der Waals surface area (Å²) in [5, 5.41) is 29.5. The van der Waals surface area contributed by atoms with Gasteiger partial charge in [0.05, 0.1) is 17.2 Å². The minimum Gasteiger partial charge on any atom is -0.455 e. The third kappa shape index (κ3) is 8.86. The Morgan fingerprint density at radius 1 is 1.15 bits per heavy atom. The Labute approximate surface area is 309 Å². The van der Waals surface area contributed by atoms with Crippen molar-refractivity contribution in [1.82, 2.24) is 30.6 Å². The number of carbonyl (C=O) groups excluding carboxylic acids is 3. The highest BCUT2D eigenvalue weighted by Gasteiger charge is 2.61. The van der Waals surface area contributed by atoms with Crippen LogP contribution in [0.1, 0.15) is 67.2 Å². The Hall–Kier alpha value is -4.84. The van der Waals surface area contributed by atoms with E-state index in [1.807, 2.05) is 18.2 Å². The lowest BCUT2D eigenvalue weighted by Gasteiger charge is -2.37. The van der Waals surface area contributed by atoms with Gasteiger partial charge in [-0.1, -0.05) is 65.0 Å². The predicted molar refractivity (Wildman–Crippen MR) is 199 cm³/mol. The number of nitrogens with two attached hydrogens (primary N) is 1. The van der Waals surface area contributed by atoms with Crippen LogP contribution in [-0.2, 0) is 34.8 Å². The Balaban J connectivity index is 1.36. The molecule has 1 fully saturated rings. The minimum atomic E-state index is -1.91. The number of hydrogen-bond donors (Lipinski definition) is 5. The molecule has 2 aromatic carbocycles. The van der Waals surface area contributed by atoms with Crippen molar-refractivity contribution in [1.29, 1.82) is 0 Å². The third-order valence-corrected chi connectivity index (χ3v) is 10.8. The van der Waals surface area contributed by atoms with E-state index in [4.69, 9.17) is 24.4 Å². The lowest BCUT2D eigenvalue weighted by molar-refractivity contribution is -0.168. The normalized spacial score (nSPS) is 21.4. The van der Waals surface area contributed by atoms with Crippen molar-refractivity contribution in [3.05, 3.63) is 64.7 Å². The summed E-state index contributed by atoms with van der Waals surface area (Å²) in [5.41, 5.74) is 4.31. The van der Waals surface area contributed by atoms with Gasteiger partial charge in [0, 0.05) is 22.7 Å². The van der Waals surface area contributed by atoms with Crippen molar-refractivity contribution < 1.29 is 38.1 Å². The van der Waals surface area contributed by atoms with E-state index in [9.17, 15) is 24.3 Å². The van der Waals surface area contributed by atoms with Crippen LogP contribution in [-0.4, -0.2) is 88.8 Å². The Morgan fingerprint density at radius 2 is 1.85 bits per heavy atom. The monoisotopic (exact) mass is 751 g/mol. The lowest BCUT2D eigenvalue weighted by Crippen LogP contribution is -2.55. The van der Waals surface area contributed by atoms with Gasteiger partial charge in [-0.3, -0.25) is 14.4 Å². The Kier molecular flexibility index (Phi) is 11.3. The SMILES string of the molecule is CC(C)C(NC(=O)OCc1ccccc1)C(=O)NCC(=O)OC1C(C(C)(C)O[SiH2]C(C)(C)C)OC(n2cc3c(N)cc4c(=O)[nH]ncc(n2)c34)C1(C)O. The van der Waals surface area contributed by atoms with Gasteiger partial charge in [-0.05, 0) is 43.4 Å². The second-order valence-corrected chi connectivity index (χ2v) is 18.3. The zero-order valence-electron chi connectivity index (χ0n) is 31.3. The maximum absolute atomic E-state index is 13.5. The van der Waals surface area contributed by atoms with Gasteiger partial charge in [-0.25, -0.2) is 14.6 Å². The van der Waals surface area contributed by atoms with Gasteiger partial charge >= 0.3 is 12.1 Å². The molecular formula is C36H49N7O9Si. The molecule has 2 amide bonds. The van der Waals surface area contributed by atoms with E-state index in [1.54, 1.807) is 46.0 Å². The van der Waals surface area contributed by atoms with Crippen molar-refractivity contribution in [3.63, 3.8) is 0 Å². The number of aromatic amines is 1. The van der Waals surface area contributed by atoms with E-state index in [-0.39, 0.29) is 17.6 Å². The molecule has 0 aliphatic carbocycles. The number of carbonyl (C=O) groups is 3. The highest BCUT2D eigenvalue weighted by molar-refractivity contribution is 6.31. The average molecular weight is 752 g/mol. The number of amides is 2. The smallest absolute Gasteiger partial charge is 0.408 e. The van der Waals surface area contributed by atoms with E-state index < -0.39 is 75.5 Å². The molecule has 0 saturated carbocycles. The summed E-state index contributed by atoms with van der Waals surface area (Å²) in [7, 11) is -1.16. The van der Waals surface area contributed by atoms with E-state index in [0.717, 1.165) is 5.56 Å². The standard InChI is InChI=1S/C36H49N7O9Si/c1-19(2)27(40-33(47)49-18-20-12-10-9-11-13-20)31(46)38-16-25(44)50-29-28(35(6,7)52-53-34(3,4)5)51-32(36(29,8)48)43-17-22-23(37)14-21-26(22)24(42-43)15-39-41-30(21)45/h9-15,17,19,27-29,32,48H,16,18,37,53H2,1-8H3,(H,38,46)(H,40,47)(H,41,45). The number of esters is 1. The molecule has 2 aromatic heterocycles. The van der Waals surface area contributed by atoms with Crippen LogP contribution in [0.25, 0.3) is 21.7 Å². The summed E-state index contributed by atoms with van der Waals surface area (Å²) in [4.78, 5) is 51.8. The molecule has 53 heavy (non-hydrogen) atoms. The number of anilines is 1. The summed E-state index contributed by atoms with van der Waals surface area (Å²) in [6.45, 7) is 14.2. The molecule has 1 aliphatic rings. The van der Waals surface area contributed by atoms with Gasteiger partial charge in [-0.2, -0.15) is 10.2 Å². The molecule has 0 spiro atoms. The molecule has 1 saturated heterocycles. The van der Waals surface area contributed by atoms with Crippen LogP contribution in [0.3, 0.4) is 0 Å². The number of aromatic nitrogens is 4. The number of alkyl carbamates (subject to hydrolysis) is 1. The van der Waals surface area contributed by atoms with Crippen molar-refractivity contribution in [2.24, 2.45) is 5.92 Å². The number of hydrogen-bond acceptors (Lipinski definition) is 12. The first-order valence-corrected chi connectivity index (χ1v) is 18.7. The zero-order valence-corrected chi connectivity index (χ0v) is 32.7. The second-order valence-electron chi connectivity index (χ2n) is 15.6. The molecule has 17 heteroatoms. The van der Waals surface area contributed by atoms with Crippen LogP contribution < -0.4 is 21.9 Å². The Morgan fingerprint density at radius 3 is 2.51 bits per heavy atom. The lowest BCUT2D eigenvalue weighted by atomic mass is 9.89. The number of aliphatic hydroxyl groups is 1. The first-order chi connectivity index (χ1) is 24.8. The molecule has 4 aromatic rings. The first kappa shape index (κ1) is 39.4. The fourth-order valence-corrected chi connectivity index (χ4v) is 7.12. The van der Waals surface area contributed by atoms with Gasteiger partial charge in [-0.15, -0.1) is 0 Å². The fraction of sp³-hybridized carbons (Fsp3) is 0.500. The van der Waals surface area contributed by atoms with Crippen LogP contribution in [0.15, 0.2) is 53.6 Å². The van der Waals surface area contributed by atoms with Crippen LogP contribution in [0.5, 0.6) is 0 Å². The minimum absolute atomic E-state index is 0.0178. The van der Waals surface area contributed by atoms with Crippen molar-refractivity contribution in [3.8, 4) is 0 Å². The van der Waals surface area contributed by atoms with Crippen LogP contribution in [0, 0.1) is 5.92 Å². The van der Waals surface area contributed by atoms with E-state index in [0.29, 0.717) is 27.4 Å². The highest BCUT2D eigenvalue weighted by atomic mass is 28.2. The molecule has 6 N–H and O–H groups in total. The summed E-state index contributed by atoms with van der Waals surface area (Å²) >= 11 is 0. The van der Waals surface area contributed by atoms with Crippen molar-refractivity contribution in [2.45, 2.75) is 103 Å². The van der Waals surface area contributed by atoms with E-state index >= 15 is 0 Å². The summed E-state index contributed by atoms with van der Waals surface area (Å²) in [6, 6.07) is 9.61. The second kappa shape index (κ2) is 15.3. The molecule has 286 valence electrons. The van der Waals surface area contributed by atoms with Crippen LogP contribution >= 0.6 is 0 Å². The van der Waals surface area contributed by atoms with Crippen LogP contribution in [0.4, 0.5) is 10.5 Å². The van der Waals surface area contributed by atoms with Gasteiger partial charge in [0.25, 0.3) is 5.56 Å². The summed E-state index contributed by atoms with van der Waals surface area (Å²) in [6.07, 6.45) is -1.39. The maximum atomic E-state index is 13.5. The number of nitrogens with zero attached hydrogens (tertiary/aromatic N) is 3. The Bertz CT molecular complexity index is 2020. The molecule has 0 bridgehead atoms. The quantitative estimate of drug-likeness (QED) is 0.104. The predicted octanol–water partition coefficient (Wildman–Crippen LogP) is 2.58. The number of rotatable bonds is 12.